The molecular weight excluding hydrogens is 421 g/mol. The summed E-state index contributed by atoms with van der Waals surface area (Å²) in [5, 5.41) is 2.66. The SMILES string of the molecule is O=C(NCc1cccc(C(F)(F)F)c1)c1ccnc(-c2ccc(N3CCOCC3)nc2)c1. The largest absolute Gasteiger partial charge is 0.416 e. The molecule has 0 radical (unpaired) electrons. The second kappa shape index (κ2) is 9.35. The molecule has 166 valence electrons. The number of benzene rings is 1. The first kappa shape index (κ1) is 21.8. The Balaban J connectivity index is 1.43. The summed E-state index contributed by atoms with van der Waals surface area (Å²) in [6.07, 6.45) is -1.20. The number of ether oxygens (including phenoxy) is 1. The zero-order valence-electron chi connectivity index (χ0n) is 17.1. The summed E-state index contributed by atoms with van der Waals surface area (Å²) >= 11 is 0. The van der Waals surface area contributed by atoms with Gasteiger partial charge >= 0.3 is 6.18 Å². The Bertz CT molecular complexity index is 1080. The zero-order valence-corrected chi connectivity index (χ0v) is 17.1. The third-order valence-corrected chi connectivity index (χ3v) is 5.11. The number of nitrogens with one attached hydrogen (secondary N) is 1. The summed E-state index contributed by atoms with van der Waals surface area (Å²) in [4.78, 5) is 23.5. The first-order valence-electron chi connectivity index (χ1n) is 10.1. The minimum absolute atomic E-state index is 0.0176. The summed E-state index contributed by atoms with van der Waals surface area (Å²) < 4.78 is 43.9. The molecule has 1 aliphatic heterocycles. The predicted octanol–water partition coefficient (Wildman–Crippen LogP) is 3.93. The second-order valence-corrected chi connectivity index (χ2v) is 7.32. The zero-order chi connectivity index (χ0) is 22.6. The van der Waals surface area contributed by atoms with E-state index in [2.05, 4.69) is 20.2 Å². The predicted molar refractivity (Wildman–Crippen MR) is 113 cm³/mol. The first-order valence-corrected chi connectivity index (χ1v) is 10.1. The first-order chi connectivity index (χ1) is 15.4. The van der Waals surface area contributed by atoms with Gasteiger partial charge in [-0.15, -0.1) is 0 Å². The van der Waals surface area contributed by atoms with Gasteiger partial charge in [-0.1, -0.05) is 12.1 Å². The van der Waals surface area contributed by atoms with Gasteiger partial charge in [-0.25, -0.2) is 4.98 Å². The smallest absolute Gasteiger partial charge is 0.378 e. The third kappa shape index (κ3) is 5.23. The lowest BCUT2D eigenvalue weighted by Crippen LogP contribution is -2.36. The highest BCUT2D eigenvalue weighted by Gasteiger charge is 2.30. The van der Waals surface area contributed by atoms with Crippen molar-refractivity contribution >= 4 is 11.7 Å². The second-order valence-electron chi connectivity index (χ2n) is 7.32. The molecule has 32 heavy (non-hydrogen) atoms. The van der Waals surface area contributed by atoms with E-state index in [0.717, 1.165) is 36.6 Å². The molecule has 0 bridgehead atoms. The molecule has 0 saturated carbocycles. The number of amides is 1. The van der Waals surface area contributed by atoms with Gasteiger partial charge in [-0.2, -0.15) is 13.2 Å². The van der Waals surface area contributed by atoms with Crippen LogP contribution in [0.3, 0.4) is 0 Å². The summed E-state index contributed by atoms with van der Waals surface area (Å²) in [6, 6.07) is 11.9. The molecule has 1 aromatic carbocycles. The fourth-order valence-corrected chi connectivity index (χ4v) is 3.39. The topological polar surface area (TPSA) is 67.4 Å². The molecule has 0 aliphatic carbocycles. The standard InChI is InChI=1S/C23H21F3N4O2/c24-23(25,26)19-3-1-2-16(12-19)14-29-22(31)17-6-7-27-20(13-17)18-4-5-21(28-15-18)30-8-10-32-11-9-30/h1-7,12-13,15H,8-11,14H2,(H,29,31). The highest BCUT2D eigenvalue weighted by Crippen LogP contribution is 2.29. The Labute approximate surface area is 183 Å². The van der Waals surface area contributed by atoms with Gasteiger partial charge in [0.1, 0.15) is 5.82 Å². The van der Waals surface area contributed by atoms with Crippen LogP contribution in [0.15, 0.2) is 60.9 Å². The van der Waals surface area contributed by atoms with Crippen molar-refractivity contribution in [3.8, 4) is 11.3 Å². The fraction of sp³-hybridized carbons (Fsp3) is 0.261. The molecule has 1 aliphatic rings. The Morgan fingerprint density at radius 3 is 2.59 bits per heavy atom. The Morgan fingerprint density at radius 1 is 1.06 bits per heavy atom. The minimum atomic E-state index is -4.43. The van der Waals surface area contributed by atoms with Crippen LogP contribution in [0.5, 0.6) is 0 Å². The van der Waals surface area contributed by atoms with Crippen LogP contribution in [-0.2, 0) is 17.5 Å². The number of carbonyl (C=O) groups excluding carboxylic acids is 1. The molecule has 4 rings (SSSR count). The number of nitrogens with zero attached hydrogens (tertiary/aromatic N) is 3. The van der Waals surface area contributed by atoms with Gasteiger partial charge in [0, 0.05) is 43.2 Å². The molecule has 1 fully saturated rings. The maximum Gasteiger partial charge on any atom is 0.416 e. The normalized spacial score (nSPS) is 14.3. The van der Waals surface area contributed by atoms with E-state index < -0.39 is 17.6 Å². The van der Waals surface area contributed by atoms with E-state index in [0.29, 0.717) is 30.0 Å². The van der Waals surface area contributed by atoms with Crippen LogP contribution >= 0.6 is 0 Å². The van der Waals surface area contributed by atoms with Crippen LogP contribution < -0.4 is 10.2 Å². The van der Waals surface area contributed by atoms with Crippen LogP contribution in [-0.4, -0.2) is 42.2 Å². The average Bonchev–Trinajstić information content (AvgIpc) is 2.83. The molecule has 0 spiro atoms. The number of rotatable bonds is 5. The van der Waals surface area contributed by atoms with E-state index in [9.17, 15) is 18.0 Å². The number of halogens is 3. The van der Waals surface area contributed by atoms with Crippen molar-refractivity contribution in [1.29, 1.82) is 0 Å². The third-order valence-electron chi connectivity index (χ3n) is 5.11. The molecule has 6 nitrogen and oxygen atoms in total. The molecule has 0 unspecified atom stereocenters. The van der Waals surface area contributed by atoms with Crippen molar-refractivity contribution in [1.82, 2.24) is 15.3 Å². The lowest BCUT2D eigenvalue weighted by Gasteiger charge is -2.27. The maximum atomic E-state index is 12.9. The van der Waals surface area contributed by atoms with Gasteiger partial charge in [-0.3, -0.25) is 9.78 Å². The number of pyridine rings is 2. The van der Waals surface area contributed by atoms with Gasteiger partial charge in [0.05, 0.1) is 24.5 Å². The molecule has 1 saturated heterocycles. The van der Waals surface area contributed by atoms with E-state index in [1.54, 1.807) is 18.3 Å². The molecule has 1 amide bonds. The lowest BCUT2D eigenvalue weighted by atomic mass is 10.1. The number of hydrogen-bond acceptors (Lipinski definition) is 5. The number of hydrogen-bond donors (Lipinski definition) is 1. The Kier molecular flexibility index (Phi) is 6.36. The van der Waals surface area contributed by atoms with Crippen LogP contribution in [0.1, 0.15) is 21.5 Å². The highest BCUT2D eigenvalue weighted by atomic mass is 19.4. The number of anilines is 1. The van der Waals surface area contributed by atoms with Crippen LogP contribution in [0, 0.1) is 0 Å². The monoisotopic (exact) mass is 442 g/mol. The molecule has 9 heteroatoms. The molecule has 1 N–H and O–H groups in total. The van der Waals surface area contributed by atoms with E-state index in [-0.39, 0.29) is 6.54 Å². The van der Waals surface area contributed by atoms with Gasteiger partial charge in [0.15, 0.2) is 0 Å². The number of alkyl halides is 3. The van der Waals surface area contributed by atoms with Crippen molar-refractivity contribution in [2.45, 2.75) is 12.7 Å². The number of aromatic nitrogens is 2. The summed E-state index contributed by atoms with van der Waals surface area (Å²) in [7, 11) is 0. The average molecular weight is 442 g/mol. The Hall–Kier alpha value is -3.46. The molecule has 3 aromatic rings. The van der Waals surface area contributed by atoms with Gasteiger partial charge in [-0.05, 0) is 42.0 Å². The summed E-state index contributed by atoms with van der Waals surface area (Å²) in [5.41, 5.74) is 1.32. The molecule has 0 atom stereocenters. The van der Waals surface area contributed by atoms with Crippen LogP contribution in [0.25, 0.3) is 11.3 Å². The fourth-order valence-electron chi connectivity index (χ4n) is 3.39. The van der Waals surface area contributed by atoms with Gasteiger partial charge < -0.3 is 15.0 Å². The molecule has 3 heterocycles. The molecular formula is C23H21F3N4O2. The maximum absolute atomic E-state index is 12.9. The van der Waals surface area contributed by atoms with Gasteiger partial charge in [0.25, 0.3) is 5.91 Å². The minimum Gasteiger partial charge on any atom is -0.378 e. The van der Waals surface area contributed by atoms with Crippen molar-refractivity contribution in [2.24, 2.45) is 0 Å². The van der Waals surface area contributed by atoms with Crippen LogP contribution in [0.2, 0.25) is 0 Å². The van der Waals surface area contributed by atoms with E-state index in [4.69, 9.17) is 4.74 Å². The quantitative estimate of drug-likeness (QED) is 0.649. The van der Waals surface area contributed by atoms with Crippen molar-refractivity contribution < 1.29 is 22.7 Å². The number of carbonyl (C=O) groups is 1. The van der Waals surface area contributed by atoms with Gasteiger partial charge in [0.2, 0.25) is 0 Å². The van der Waals surface area contributed by atoms with Crippen molar-refractivity contribution in [3.05, 3.63) is 77.6 Å². The summed E-state index contributed by atoms with van der Waals surface area (Å²) in [6.45, 7) is 2.89. The Morgan fingerprint density at radius 2 is 1.88 bits per heavy atom. The van der Waals surface area contributed by atoms with E-state index >= 15 is 0 Å². The van der Waals surface area contributed by atoms with Crippen molar-refractivity contribution in [3.63, 3.8) is 0 Å². The molecule has 2 aromatic heterocycles. The van der Waals surface area contributed by atoms with E-state index in [1.165, 1.54) is 18.3 Å². The summed E-state index contributed by atoms with van der Waals surface area (Å²) in [5.74, 6) is 0.455. The highest BCUT2D eigenvalue weighted by molar-refractivity contribution is 5.95. The number of morpholine rings is 1. The van der Waals surface area contributed by atoms with E-state index in [1.807, 2.05) is 12.1 Å². The lowest BCUT2D eigenvalue weighted by molar-refractivity contribution is -0.137. The van der Waals surface area contributed by atoms with Crippen molar-refractivity contribution in [2.75, 3.05) is 31.2 Å². The van der Waals surface area contributed by atoms with Crippen LogP contribution in [0.4, 0.5) is 19.0 Å².